The van der Waals surface area contributed by atoms with Gasteiger partial charge < -0.3 is 5.32 Å². The minimum Gasteiger partial charge on any atom is -0.307 e. The van der Waals surface area contributed by atoms with Crippen LogP contribution in [0.15, 0.2) is 52.5 Å². The normalized spacial score (nSPS) is 12.4. The highest BCUT2D eigenvalue weighted by Gasteiger charge is 2.08. The number of benzene rings is 2. The van der Waals surface area contributed by atoms with E-state index in [1.807, 2.05) is 0 Å². The van der Waals surface area contributed by atoms with Gasteiger partial charge in [-0.05, 0) is 61.3 Å². The van der Waals surface area contributed by atoms with Crippen molar-refractivity contribution in [3.05, 3.63) is 58.1 Å². The molecule has 1 atom stereocenters. The van der Waals surface area contributed by atoms with Gasteiger partial charge in [-0.1, -0.05) is 52.7 Å². The highest BCUT2D eigenvalue weighted by molar-refractivity contribution is 9.10. The predicted octanol–water partition coefficient (Wildman–Crippen LogP) is 5.61. The highest BCUT2D eigenvalue weighted by Crippen LogP contribution is 2.24. The molecule has 0 spiro atoms. The maximum Gasteiger partial charge on any atom is 0.0508 e. The monoisotopic (exact) mass is 331 g/mol. The van der Waals surface area contributed by atoms with Crippen LogP contribution >= 0.6 is 15.9 Å². The first-order valence-electron chi connectivity index (χ1n) is 7.18. The fraction of sp³-hybridized carbons (Fsp3) is 0.333. The second-order valence-electron chi connectivity index (χ2n) is 5.43. The molecule has 2 rings (SSSR count). The summed E-state index contributed by atoms with van der Waals surface area (Å²) in [7, 11) is 0. The molecule has 1 nitrogen and oxygen atoms in total. The average molecular weight is 332 g/mol. The molecule has 20 heavy (non-hydrogen) atoms. The van der Waals surface area contributed by atoms with Crippen LogP contribution in [-0.2, 0) is 0 Å². The van der Waals surface area contributed by atoms with Crippen LogP contribution in [0.2, 0.25) is 0 Å². The first kappa shape index (κ1) is 15.3. The van der Waals surface area contributed by atoms with Crippen molar-refractivity contribution in [2.24, 2.45) is 0 Å². The minimum absolute atomic E-state index is 0.299. The van der Waals surface area contributed by atoms with E-state index in [9.17, 15) is 0 Å². The lowest BCUT2D eigenvalue weighted by Gasteiger charge is -2.17. The Labute approximate surface area is 130 Å². The lowest BCUT2D eigenvalue weighted by Crippen LogP contribution is -2.20. The van der Waals surface area contributed by atoms with Gasteiger partial charge in [0, 0.05) is 4.47 Å². The number of allylic oxidation sites excluding steroid dienone is 1. The largest absolute Gasteiger partial charge is 0.307 e. The van der Waals surface area contributed by atoms with Gasteiger partial charge in [-0.3, -0.25) is 0 Å². The molecule has 0 aliphatic rings. The van der Waals surface area contributed by atoms with Gasteiger partial charge in [0.2, 0.25) is 0 Å². The van der Waals surface area contributed by atoms with Crippen LogP contribution in [-0.4, -0.2) is 6.54 Å². The third-order valence-electron chi connectivity index (χ3n) is 3.30. The minimum atomic E-state index is 0.299. The van der Waals surface area contributed by atoms with E-state index in [2.05, 4.69) is 84.5 Å². The first-order chi connectivity index (χ1) is 9.60. The Morgan fingerprint density at radius 3 is 2.55 bits per heavy atom. The molecule has 2 aromatic rings. The number of hydrogen-bond acceptors (Lipinski definition) is 1. The molecule has 106 valence electrons. The summed E-state index contributed by atoms with van der Waals surface area (Å²) in [6, 6.07) is 13.4. The van der Waals surface area contributed by atoms with Crippen molar-refractivity contribution < 1.29 is 0 Å². The summed E-state index contributed by atoms with van der Waals surface area (Å²) in [6.45, 7) is 7.54. The van der Waals surface area contributed by atoms with Crippen LogP contribution in [0.5, 0.6) is 0 Å². The van der Waals surface area contributed by atoms with Gasteiger partial charge >= 0.3 is 0 Å². The van der Waals surface area contributed by atoms with E-state index >= 15 is 0 Å². The van der Waals surface area contributed by atoms with Crippen LogP contribution in [0, 0.1) is 0 Å². The predicted molar refractivity (Wildman–Crippen MR) is 92.1 cm³/mol. The van der Waals surface area contributed by atoms with Crippen molar-refractivity contribution in [2.75, 3.05) is 6.54 Å². The smallest absolute Gasteiger partial charge is 0.0508 e. The van der Waals surface area contributed by atoms with Crippen molar-refractivity contribution in [2.45, 2.75) is 33.2 Å². The van der Waals surface area contributed by atoms with Gasteiger partial charge in [0.15, 0.2) is 0 Å². The second-order valence-corrected chi connectivity index (χ2v) is 6.34. The van der Waals surface area contributed by atoms with E-state index in [1.54, 1.807) is 0 Å². The highest BCUT2D eigenvalue weighted by atomic mass is 79.9. The lowest BCUT2D eigenvalue weighted by atomic mass is 10.0. The van der Waals surface area contributed by atoms with Crippen molar-refractivity contribution in [3.63, 3.8) is 0 Å². The van der Waals surface area contributed by atoms with Crippen molar-refractivity contribution in [3.8, 4) is 0 Å². The van der Waals surface area contributed by atoms with Gasteiger partial charge in [0.25, 0.3) is 0 Å². The van der Waals surface area contributed by atoms with Crippen LogP contribution < -0.4 is 5.32 Å². The topological polar surface area (TPSA) is 12.0 Å². The van der Waals surface area contributed by atoms with Crippen LogP contribution in [0.4, 0.5) is 0 Å². The number of fused-ring (bicyclic) bond motifs is 1. The van der Waals surface area contributed by atoms with Crippen molar-refractivity contribution in [1.29, 1.82) is 0 Å². The summed E-state index contributed by atoms with van der Waals surface area (Å²) in [5.74, 6) is 0. The Hall–Kier alpha value is -1.12. The molecule has 0 aromatic heterocycles. The summed E-state index contributed by atoms with van der Waals surface area (Å²) in [6.07, 6.45) is 3.45. The summed E-state index contributed by atoms with van der Waals surface area (Å²) >= 11 is 3.52. The number of nitrogens with one attached hydrogen (secondary N) is 1. The molecule has 0 bridgehead atoms. The molecular formula is C18H22BrN. The standard InChI is InChI=1S/C18H22BrN/c1-4-9-20-18(10-13(2)3)16-6-5-15-12-17(19)8-7-14(15)11-16/h5-8,10-12,18,20H,4,9H2,1-3H3. The first-order valence-corrected chi connectivity index (χ1v) is 7.97. The van der Waals surface area contributed by atoms with Crippen molar-refractivity contribution >= 4 is 26.7 Å². The summed E-state index contributed by atoms with van der Waals surface area (Å²) in [5, 5.41) is 6.17. The SMILES string of the molecule is CCCNC(C=C(C)C)c1ccc2cc(Br)ccc2c1. The zero-order valence-electron chi connectivity index (χ0n) is 12.4. The number of rotatable bonds is 5. The zero-order valence-corrected chi connectivity index (χ0v) is 14.0. The van der Waals surface area contributed by atoms with Crippen LogP contribution in [0.1, 0.15) is 38.8 Å². The molecule has 0 amide bonds. The zero-order chi connectivity index (χ0) is 14.5. The van der Waals surface area contributed by atoms with E-state index in [0.29, 0.717) is 6.04 Å². The van der Waals surface area contributed by atoms with Crippen LogP contribution in [0.25, 0.3) is 10.8 Å². The Morgan fingerprint density at radius 2 is 1.85 bits per heavy atom. The maximum absolute atomic E-state index is 3.61. The van der Waals surface area contributed by atoms with Gasteiger partial charge in [0.05, 0.1) is 6.04 Å². The van der Waals surface area contributed by atoms with Gasteiger partial charge in [-0.2, -0.15) is 0 Å². The molecule has 1 N–H and O–H groups in total. The quantitative estimate of drug-likeness (QED) is 0.702. The van der Waals surface area contributed by atoms with E-state index in [1.165, 1.54) is 21.9 Å². The maximum atomic E-state index is 3.61. The van der Waals surface area contributed by atoms with E-state index < -0.39 is 0 Å². The Kier molecular flexibility index (Phi) is 5.38. The molecule has 0 heterocycles. The lowest BCUT2D eigenvalue weighted by molar-refractivity contribution is 0.610. The summed E-state index contributed by atoms with van der Waals surface area (Å²) in [5.41, 5.74) is 2.67. The van der Waals surface area contributed by atoms with Gasteiger partial charge in [-0.15, -0.1) is 0 Å². The van der Waals surface area contributed by atoms with E-state index in [4.69, 9.17) is 0 Å². The molecular weight excluding hydrogens is 310 g/mol. The molecule has 2 heteroatoms. The molecule has 2 aromatic carbocycles. The average Bonchev–Trinajstić information content (AvgIpc) is 2.42. The Morgan fingerprint density at radius 1 is 1.15 bits per heavy atom. The Balaban J connectivity index is 2.37. The van der Waals surface area contributed by atoms with Gasteiger partial charge in [0.1, 0.15) is 0 Å². The molecule has 0 fully saturated rings. The van der Waals surface area contributed by atoms with E-state index in [-0.39, 0.29) is 0 Å². The molecule has 0 aliphatic carbocycles. The Bertz CT molecular complexity index is 612. The van der Waals surface area contributed by atoms with Crippen LogP contribution in [0.3, 0.4) is 0 Å². The number of hydrogen-bond donors (Lipinski definition) is 1. The second kappa shape index (κ2) is 7.05. The fourth-order valence-electron chi connectivity index (χ4n) is 2.33. The number of halogens is 1. The molecule has 0 radical (unpaired) electrons. The third-order valence-corrected chi connectivity index (χ3v) is 3.79. The molecule has 0 aliphatic heterocycles. The molecule has 0 saturated carbocycles. The van der Waals surface area contributed by atoms with Crippen molar-refractivity contribution in [1.82, 2.24) is 5.32 Å². The summed E-state index contributed by atoms with van der Waals surface area (Å²) < 4.78 is 1.13. The molecule has 0 saturated heterocycles. The van der Waals surface area contributed by atoms with Gasteiger partial charge in [-0.25, -0.2) is 0 Å². The molecule has 1 unspecified atom stereocenters. The third kappa shape index (κ3) is 3.94. The fourth-order valence-corrected chi connectivity index (χ4v) is 2.71. The van der Waals surface area contributed by atoms with E-state index in [0.717, 1.165) is 17.4 Å². The summed E-state index contributed by atoms with van der Waals surface area (Å²) in [4.78, 5) is 0.